The molecule has 2 rings (SSSR count). The van der Waals surface area contributed by atoms with Crippen molar-refractivity contribution in [3.05, 3.63) is 34.3 Å². The van der Waals surface area contributed by atoms with E-state index in [4.69, 9.17) is 0 Å². The van der Waals surface area contributed by atoms with Crippen molar-refractivity contribution in [1.29, 1.82) is 0 Å². The van der Waals surface area contributed by atoms with Gasteiger partial charge in [0.15, 0.2) is 0 Å². The predicted molar refractivity (Wildman–Crippen MR) is 62.1 cm³/mol. The van der Waals surface area contributed by atoms with Crippen LogP contribution in [0.4, 0.5) is 0 Å². The smallest absolute Gasteiger partial charge is 0.234 e. The van der Waals surface area contributed by atoms with Crippen LogP contribution < -0.4 is 5.32 Å². The highest BCUT2D eigenvalue weighted by molar-refractivity contribution is 9.10. The van der Waals surface area contributed by atoms with E-state index < -0.39 is 0 Å². The molecule has 1 amide bonds. The highest BCUT2D eigenvalue weighted by Crippen LogP contribution is 2.35. The molecule has 1 fully saturated rings. The number of benzene rings is 1. The Morgan fingerprint density at radius 2 is 2.00 bits per heavy atom. The molecule has 1 aromatic rings. The molecule has 4 heteroatoms. The van der Waals surface area contributed by atoms with Crippen molar-refractivity contribution in [3.8, 4) is 0 Å². The van der Waals surface area contributed by atoms with Gasteiger partial charge in [-0.25, -0.2) is 0 Å². The number of hydrogen-bond donors (Lipinski definition) is 1. The summed E-state index contributed by atoms with van der Waals surface area (Å²) in [5, 5.41) is 3.12. The van der Waals surface area contributed by atoms with Crippen molar-refractivity contribution in [1.82, 2.24) is 5.32 Å². The van der Waals surface area contributed by atoms with Gasteiger partial charge < -0.3 is 5.32 Å². The maximum Gasteiger partial charge on any atom is 0.234 e. The molecule has 74 valence electrons. The fourth-order valence-electron chi connectivity index (χ4n) is 1.35. The van der Waals surface area contributed by atoms with E-state index >= 15 is 0 Å². The van der Waals surface area contributed by atoms with Gasteiger partial charge in [0.2, 0.25) is 5.91 Å². The Bertz CT molecular complexity index is 352. The second kappa shape index (κ2) is 3.95. The number of hydrogen-bond acceptors (Lipinski definition) is 2. The molecule has 1 saturated heterocycles. The Balaban J connectivity index is 2.17. The van der Waals surface area contributed by atoms with E-state index in [0.717, 1.165) is 10.0 Å². The van der Waals surface area contributed by atoms with E-state index in [1.165, 1.54) is 0 Å². The van der Waals surface area contributed by atoms with Gasteiger partial charge in [0.25, 0.3) is 0 Å². The number of rotatable bonds is 1. The lowest BCUT2D eigenvalue weighted by molar-refractivity contribution is -0.119. The molecule has 0 saturated carbocycles. The van der Waals surface area contributed by atoms with Crippen molar-refractivity contribution < 1.29 is 4.79 Å². The van der Waals surface area contributed by atoms with Crippen LogP contribution in [0.5, 0.6) is 0 Å². The van der Waals surface area contributed by atoms with Crippen molar-refractivity contribution in [2.45, 2.75) is 17.5 Å². The molecule has 0 spiro atoms. The Hall–Kier alpha value is -0.480. The van der Waals surface area contributed by atoms with Gasteiger partial charge in [-0.15, -0.1) is 11.8 Å². The number of amides is 1. The predicted octanol–water partition coefficient (Wildman–Crippen LogP) is 2.70. The maximum atomic E-state index is 11.3. The maximum absolute atomic E-state index is 11.3. The summed E-state index contributed by atoms with van der Waals surface area (Å²) >= 11 is 5.04. The Labute approximate surface area is 95.6 Å². The highest BCUT2D eigenvalue weighted by atomic mass is 79.9. The van der Waals surface area contributed by atoms with Gasteiger partial charge in [-0.1, -0.05) is 28.1 Å². The largest absolute Gasteiger partial charge is 0.339 e. The molecule has 1 aliphatic heterocycles. The van der Waals surface area contributed by atoms with Gasteiger partial charge in [0.05, 0.1) is 5.25 Å². The summed E-state index contributed by atoms with van der Waals surface area (Å²) < 4.78 is 1.06. The molecule has 2 atom stereocenters. The summed E-state index contributed by atoms with van der Waals surface area (Å²) in [5.74, 6) is 0.128. The average Bonchev–Trinajstić information content (AvgIpc) is 2.48. The Morgan fingerprint density at radius 1 is 1.36 bits per heavy atom. The molecule has 1 aliphatic rings. The van der Waals surface area contributed by atoms with Crippen LogP contribution >= 0.6 is 27.7 Å². The summed E-state index contributed by atoms with van der Waals surface area (Å²) in [7, 11) is 0. The summed E-state index contributed by atoms with van der Waals surface area (Å²) in [4.78, 5) is 11.3. The second-order valence-electron chi connectivity index (χ2n) is 3.22. The highest BCUT2D eigenvalue weighted by Gasteiger charge is 2.29. The first-order chi connectivity index (χ1) is 6.66. The molecule has 1 aromatic carbocycles. The minimum Gasteiger partial charge on any atom is -0.339 e. The molecular formula is C10H10BrNOS. The molecule has 14 heavy (non-hydrogen) atoms. The van der Waals surface area contributed by atoms with Crippen molar-refractivity contribution in [3.63, 3.8) is 0 Å². The van der Waals surface area contributed by atoms with Crippen LogP contribution in [0.25, 0.3) is 0 Å². The monoisotopic (exact) mass is 271 g/mol. The quantitative estimate of drug-likeness (QED) is 0.851. The second-order valence-corrected chi connectivity index (χ2v) is 5.58. The number of carbonyl (C=O) groups excluding carboxylic acids is 1. The first-order valence-electron chi connectivity index (χ1n) is 4.38. The molecule has 0 aromatic heterocycles. The van der Waals surface area contributed by atoms with Crippen LogP contribution in [-0.4, -0.2) is 11.2 Å². The van der Waals surface area contributed by atoms with Crippen LogP contribution in [0.3, 0.4) is 0 Å². The van der Waals surface area contributed by atoms with Crippen LogP contribution in [0.15, 0.2) is 28.7 Å². The van der Waals surface area contributed by atoms with E-state index in [-0.39, 0.29) is 16.5 Å². The van der Waals surface area contributed by atoms with Crippen LogP contribution in [0.1, 0.15) is 17.9 Å². The summed E-state index contributed by atoms with van der Waals surface area (Å²) in [6.45, 7) is 1.93. The van der Waals surface area contributed by atoms with Gasteiger partial charge in [0, 0.05) is 4.47 Å². The third-order valence-corrected chi connectivity index (χ3v) is 3.97. The molecular weight excluding hydrogens is 262 g/mol. The van der Waals surface area contributed by atoms with E-state index in [1.807, 2.05) is 31.2 Å². The average molecular weight is 272 g/mol. The van der Waals surface area contributed by atoms with Crippen LogP contribution in [0.2, 0.25) is 0 Å². The lowest BCUT2D eigenvalue weighted by Crippen LogP contribution is -2.22. The molecule has 0 unspecified atom stereocenters. The molecule has 0 radical (unpaired) electrons. The minimum atomic E-state index is 0.0589. The van der Waals surface area contributed by atoms with Crippen LogP contribution in [-0.2, 0) is 4.79 Å². The first-order valence-corrected chi connectivity index (χ1v) is 6.12. The standard InChI is InChI=1S/C10H10BrNOS/c1-6-9(13)12-10(14-6)7-2-4-8(11)5-3-7/h2-6,10H,1H3,(H,12,13)/t6-,10-/m0/s1. The number of thioether (sulfide) groups is 1. The Morgan fingerprint density at radius 3 is 2.50 bits per heavy atom. The fourth-order valence-corrected chi connectivity index (χ4v) is 2.71. The topological polar surface area (TPSA) is 29.1 Å². The number of halogens is 1. The molecule has 1 N–H and O–H groups in total. The van der Waals surface area contributed by atoms with Gasteiger partial charge in [-0.2, -0.15) is 0 Å². The van der Waals surface area contributed by atoms with E-state index in [2.05, 4.69) is 21.2 Å². The number of nitrogens with one attached hydrogen (secondary N) is 1. The lowest BCUT2D eigenvalue weighted by Gasteiger charge is -2.08. The summed E-state index contributed by atoms with van der Waals surface area (Å²) in [5.41, 5.74) is 1.15. The van der Waals surface area contributed by atoms with E-state index in [9.17, 15) is 4.79 Å². The van der Waals surface area contributed by atoms with Gasteiger partial charge in [-0.05, 0) is 24.6 Å². The normalized spacial score (nSPS) is 26.3. The molecule has 0 bridgehead atoms. The molecule has 0 aliphatic carbocycles. The minimum absolute atomic E-state index is 0.0589. The molecule has 1 heterocycles. The van der Waals surface area contributed by atoms with Gasteiger partial charge in [-0.3, -0.25) is 4.79 Å². The summed E-state index contributed by atoms with van der Waals surface area (Å²) in [6.07, 6.45) is 0. The molecule has 2 nitrogen and oxygen atoms in total. The lowest BCUT2D eigenvalue weighted by atomic mass is 10.2. The van der Waals surface area contributed by atoms with Crippen molar-refractivity contribution >= 4 is 33.6 Å². The third kappa shape index (κ3) is 1.96. The third-order valence-electron chi connectivity index (χ3n) is 2.16. The first kappa shape index (κ1) is 10.1. The Kier molecular flexibility index (Phi) is 2.83. The summed E-state index contributed by atoms with van der Waals surface area (Å²) in [6, 6.07) is 8.04. The van der Waals surface area contributed by atoms with Gasteiger partial charge in [0.1, 0.15) is 5.37 Å². The zero-order valence-corrected chi connectivity index (χ0v) is 10.1. The SMILES string of the molecule is C[C@@H]1S[C@@H](c2ccc(Br)cc2)NC1=O. The van der Waals surface area contributed by atoms with E-state index in [1.54, 1.807) is 11.8 Å². The van der Waals surface area contributed by atoms with Gasteiger partial charge >= 0.3 is 0 Å². The van der Waals surface area contributed by atoms with Crippen molar-refractivity contribution in [2.24, 2.45) is 0 Å². The van der Waals surface area contributed by atoms with Crippen molar-refractivity contribution in [2.75, 3.05) is 0 Å². The fraction of sp³-hybridized carbons (Fsp3) is 0.300. The zero-order chi connectivity index (χ0) is 10.1. The van der Waals surface area contributed by atoms with E-state index in [0.29, 0.717) is 0 Å². The number of carbonyl (C=O) groups is 1. The van der Waals surface area contributed by atoms with Crippen LogP contribution in [0, 0.1) is 0 Å². The zero-order valence-electron chi connectivity index (χ0n) is 7.66.